The Labute approximate surface area is 231 Å². The molecule has 1 saturated heterocycles. The van der Waals surface area contributed by atoms with Crippen molar-refractivity contribution < 1.29 is 13.9 Å². The van der Waals surface area contributed by atoms with Crippen molar-refractivity contribution in [1.82, 2.24) is 24.8 Å². The van der Waals surface area contributed by atoms with Gasteiger partial charge in [-0.25, -0.2) is 9.37 Å². The van der Waals surface area contributed by atoms with E-state index in [2.05, 4.69) is 37.0 Å². The van der Waals surface area contributed by atoms with Crippen LogP contribution >= 0.6 is 0 Å². The lowest BCUT2D eigenvalue weighted by atomic mass is 10.1. The molecule has 1 aliphatic rings. The van der Waals surface area contributed by atoms with Crippen LogP contribution in [-0.4, -0.2) is 70.8 Å². The third-order valence-corrected chi connectivity index (χ3v) is 6.95. The number of nitrogens with two attached hydrogens (primary N) is 1. The number of hydrogen-bond acceptors (Lipinski definition) is 10. The van der Waals surface area contributed by atoms with Gasteiger partial charge in [0, 0.05) is 51.4 Å². The van der Waals surface area contributed by atoms with Crippen LogP contribution in [0.1, 0.15) is 25.5 Å². The van der Waals surface area contributed by atoms with Crippen molar-refractivity contribution in [2.24, 2.45) is 0 Å². The molecule has 2 aromatic carbocycles. The largest absolute Gasteiger partial charge is 0.436 e. The van der Waals surface area contributed by atoms with E-state index in [1.807, 2.05) is 19.1 Å². The van der Waals surface area contributed by atoms with E-state index in [9.17, 15) is 9.18 Å². The summed E-state index contributed by atoms with van der Waals surface area (Å²) < 4.78 is 24.8. The molecule has 0 bridgehead atoms. The minimum absolute atomic E-state index is 0.0365. The number of para-hydroxylation sites is 1. The van der Waals surface area contributed by atoms with E-state index in [0.29, 0.717) is 41.0 Å². The quantitative estimate of drug-likeness (QED) is 0.285. The Balaban J connectivity index is 1.39. The predicted octanol–water partition coefficient (Wildman–Crippen LogP) is 3.56. The summed E-state index contributed by atoms with van der Waals surface area (Å²) >= 11 is 0. The summed E-state index contributed by atoms with van der Waals surface area (Å²) in [5.74, 6) is 1.46. The fourth-order valence-corrected chi connectivity index (χ4v) is 4.79. The Morgan fingerprint density at radius 1 is 1.07 bits per heavy atom. The number of H-pyrrole nitrogens is 1. The molecule has 1 fully saturated rings. The van der Waals surface area contributed by atoms with Gasteiger partial charge in [0.1, 0.15) is 17.2 Å². The number of ether oxygens (including phenoxy) is 2. The molecule has 210 valence electrons. The second-order valence-corrected chi connectivity index (χ2v) is 9.84. The highest BCUT2D eigenvalue weighted by Gasteiger charge is 2.24. The first-order chi connectivity index (χ1) is 19.3. The number of nitrogens with zero attached hydrogens (tertiary/aromatic N) is 5. The highest BCUT2D eigenvalue weighted by atomic mass is 19.1. The standard InChI is InChI=1S/C28H33FN8O3/c1-17(16-39-3)31-28-33-23(37-13-11-36(12-14-37)18(2)19-7-9-20(29)10-8-19)15-24(34-28)40-22-6-4-5-21-25(22)35-26(30)27(38)32-21/h4-10,15,17-18H,11-14,16H2,1-3H3,(H2,30,35)(H,32,38)(H,31,33,34)/t17?,18-/m1/s1. The van der Waals surface area contributed by atoms with Gasteiger partial charge in [-0.05, 0) is 43.7 Å². The SMILES string of the molecule is COCC(C)Nc1nc(Oc2cccc3[nH]c(=O)c(N)nc23)cc(N2CCN([C@H](C)c3ccc(F)cc3)CC2)n1. The molecule has 0 radical (unpaired) electrons. The monoisotopic (exact) mass is 548 g/mol. The number of fused-ring (bicyclic) bond motifs is 1. The second kappa shape index (κ2) is 11.8. The van der Waals surface area contributed by atoms with Crippen molar-refractivity contribution in [1.29, 1.82) is 0 Å². The number of benzene rings is 2. The van der Waals surface area contributed by atoms with E-state index in [-0.39, 0.29) is 23.7 Å². The molecule has 0 aliphatic carbocycles. The predicted molar refractivity (Wildman–Crippen MR) is 152 cm³/mol. The molecule has 12 heteroatoms. The highest BCUT2D eigenvalue weighted by molar-refractivity contribution is 5.82. The molecular weight excluding hydrogens is 515 g/mol. The smallest absolute Gasteiger partial charge is 0.290 e. The van der Waals surface area contributed by atoms with E-state index >= 15 is 0 Å². The summed E-state index contributed by atoms with van der Waals surface area (Å²) in [6.45, 7) is 7.68. The van der Waals surface area contributed by atoms with Crippen molar-refractivity contribution in [2.45, 2.75) is 25.9 Å². The molecule has 4 N–H and O–H groups in total. The highest BCUT2D eigenvalue weighted by Crippen LogP contribution is 2.30. The van der Waals surface area contributed by atoms with Crippen LogP contribution in [0, 0.1) is 5.82 Å². The summed E-state index contributed by atoms with van der Waals surface area (Å²) in [6, 6.07) is 13.8. The zero-order valence-corrected chi connectivity index (χ0v) is 22.7. The molecule has 4 aromatic rings. The Morgan fingerprint density at radius 2 is 1.82 bits per heavy atom. The van der Waals surface area contributed by atoms with E-state index in [1.54, 1.807) is 31.4 Å². The minimum atomic E-state index is -0.458. The van der Waals surface area contributed by atoms with Crippen LogP contribution in [0.2, 0.25) is 0 Å². The van der Waals surface area contributed by atoms with Crippen LogP contribution < -0.4 is 26.2 Å². The number of aromatic nitrogens is 4. The number of nitrogen functional groups attached to an aromatic ring is 1. The number of aromatic amines is 1. The van der Waals surface area contributed by atoms with E-state index in [4.69, 9.17) is 20.2 Å². The fraction of sp³-hybridized carbons (Fsp3) is 0.357. The molecule has 1 aliphatic heterocycles. The van der Waals surface area contributed by atoms with E-state index in [0.717, 1.165) is 31.7 Å². The van der Waals surface area contributed by atoms with Crippen LogP contribution in [0.15, 0.2) is 53.3 Å². The van der Waals surface area contributed by atoms with Crippen molar-refractivity contribution in [3.05, 3.63) is 70.3 Å². The number of rotatable bonds is 9. The maximum Gasteiger partial charge on any atom is 0.290 e. The Bertz CT molecular complexity index is 1520. The van der Waals surface area contributed by atoms with Gasteiger partial charge in [0.05, 0.1) is 12.1 Å². The van der Waals surface area contributed by atoms with E-state index < -0.39 is 5.56 Å². The summed E-state index contributed by atoms with van der Waals surface area (Å²) in [4.78, 5) is 32.8. The molecule has 0 saturated carbocycles. The van der Waals surface area contributed by atoms with Crippen LogP contribution in [0.25, 0.3) is 11.0 Å². The Kier molecular flexibility index (Phi) is 8.08. The number of anilines is 3. The first kappa shape index (κ1) is 27.3. The number of hydrogen-bond donors (Lipinski definition) is 3. The summed E-state index contributed by atoms with van der Waals surface area (Å²) in [6.07, 6.45) is 0. The molecule has 2 aromatic heterocycles. The topological polar surface area (TPSA) is 135 Å². The zero-order valence-electron chi connectivity index (χ0n) is 22.7. The Hall–Kier alpha value is -4.29. The number of piperazine rings is 1. The molecule has 0 spiro atoms. The number of nitrogens with one attached hydrogen (secondary N) is 2. The number of halogens is 1. The molecule has 5 rings (SSSR count). The second-order valence-electron chi connectivity index (χ2n) is 9.84. The molecule has 1 unspecified atom stereocenters. The summed E-state index contributed by atoms with van der Waals surface area (Å²) in [5.41, 5.74) is 7.32. The molecule has 0 amide bonds. The maximum atomic E-state index is 13.4. The molecule has 11 nitrogen and oxygen atoms in total. The summed E-state index contributed by atoms with van der Waals surface area (Å²) in [7, 11) is 1.64. The normalized spacial score (nSPS) is 15.7. The first-order valence-corrected chi connectivity index (χ1v) is 13.2. The van der Waals surface area contributed by atoms with Gasteiger partial charge in [0.25, 0.3) is 5.56 Å². The van der Waals surface area contributed by atoms with Gasteiger partial charge in [-0.15, -0.1) is 0 Å². The van der Waals surface area contributed by atoms with Crippen molar-refractivity contribution in [2.75, 3.05) is 55.8 Å². The van der Waals surface area contributed by atoms with Gasteiger partial charge in [-0.1, -0.05) is 18.2 Å². The lowest BCUT2D eigenvalue weighted by Gasteiger charge is -2.38. The van der Waals surface area contributed by atoms with Gasteiger partial charge in [0.2, 0.25) is 11.8 Å². The lowest BCUT2D eigenvalue weighted by molar-refractivity contribution is 0.190. The van der Waals surface area contributed by atoms with Gasteiger partial charge in [-0.2, -0.15) is 9.97 Å². The van der Waals surface area contributed by atoms with Crippen molar-refractivity contribution in [3.63, 3.8) is 0 Å². The summed E-state index contributed by atoms with van der Waals surface area (Å²) in [5, 5.41) is 3.28. The van der Waals surface area contributed by atoms with Gasteiger partial charge in [0.15, 0.2) is 11.6 Å². The molecule has 2 atom stereocenters. The average Bonchev–Trinajstić information content (AvgIpc) is 2.94. The Morgan fingerprint density at radius 3 is 2.55 bits per heavy atom. The number of methoxy groups -OCH3 is 1. The van der Waals surface area contributed by atoms with Gasteiger partial charge >= 0.3 is 0 Å². The first-order valence-electron chi connectivity index (χ1n) is 13.2. The maximum absolute atomic E-state index is 13.4. The molecular formula is C28H33FN8O3. The van der Waals surface area contributed by atoms with Crippen LogP contribution in [0.5, 0.6) is 11.6 Å². The lowest BCUT2D eigenvalue weighted by Crippen LogP contribution is -2.47. The van der Waals surface area contributed by atoms with Crippen LogP contribution in [0.4, 0.5) is 22.0 Å². The average molecular weight is 549 g/mol. The minimum Gasteiger partial charge on any atom is -0.436 e. The fourth-order valence-electron chi connectivity index (χ4n) is 4.79. The van der Waals surface area contributed by atoms with E-state index in [1.165, 1.54) is 12.1 Å². The third-order valence-electron chi connectivity index (χ3n) is 6.95. The van der Waals surface area contributed by atoms with Crippen LogP contribution in [0.3, 0.4) is 0 Å². The van der Waals surface area contributed by atoms with Gasteiger partial charge < -0.3 is 30.4 Å². The zero-order chi connectivity index (χ0) is 28.2. The van der Waals surface area contributed by atoms with Crippen molar-refractivity contribution in [3.8, 4) is 11.6 Å². The molecule has 40 heavy (non-hydrogen) atoms. The van der Waals surface area contributed by atoms with Crippen molar-refractivity contribution >= 4 is 28.6 Å². The third kappa shape index (κ3) is 6.13. The van der Waals surface area contributed by atoms with Crippen LogP contribution in [-0.2, 0) is 4.74 Å². The molecule has 3 heterocycles. The van der Waals surface area contributed by atoms with Gasteiger partial charge in [-0.3, -0.25) is 9.69 Å².